The van der Waals surface area contributed by atoms with Gasteiger partial charge in [0.15, 0.2) is 0 Å². The van der Waals surface area contributed by atoms with Crippen molar-refractivity contribution in [1.29, 1.82) is 0 Å². The van der Waals surface area contributed by atoms with Gasteiger partial charge in [0, 0.05) is 12.6 Å². The van der Waals surface area contributed by atoms with Crippen molar-refractivity contribution in [2.45, 2.75) is 25.3 Å². The van der Waals surface area contributed by atoms with Crippen LogP contribution in [0.15, 0.2) is 30.3 Å². The summed E-state index contributed by atoms with van der Waals surface area (Å²) < 4.78 is 4.56. The molecule has 2 unspecified atom stereocenters. The first-order chi connectivity index (χ1) is 9.08. The maximum absolute atomic E-state index is 12.1. The number of ether oxygens (including phenoxy) is 1. The Bertz CT molecular complexity index is 420. The largest absolute Gasteiger partial charge is 0.469 e. The van der Waals surface area contributed by atoms with Gasteiger partial charge in [0.25, 0.3) is 0 Å². The number of hydrogen-bond acceptors (Lipinski definition) is 4. The van der Waals surface area contributed by atoms with Crippen molar-refractivity contribution in [2.24, 2.45) is 5.73 Å². The van der Waals surface area contributed by atoms with Crippen LogP contribution < -0.4 is 11.1 Å². The third-order valence-corrected chi connectivity index (χ3v) is 2.84. The molecule has 1 amide bonds. The molecule has 5 heteroatoms. The minimum absolute atomic E-state index is 0.147. The third-order valence-electron chi connectivity index (χ3n) is 2.84. The molecule has 5 nitrogen and oxygen atoms in total. The summed E-state index contributed by atoms with van der Waals surface area (Å²) in [5.74, 6) is -0.928. The molecule has 0 radical (unpaired) electrons. The molecule has 1 aromatic rings. The highest BCUT2D eigenvalue weighted by Crippen LogP contribution is 2.14. The Balaban J connectivity index is 2.62. The second kappa shape index (κ2) is 7.53. The van der Waals surface area contributed by atoms with Gasteiger partial charge < -0.3 is 15.8 Å². The monoisotopic (exact) mass is 264 g/mol. The van der Waals surface area contributed by atoms with Crippen LogP contribution in [0.2, 0.25) is 0 Å². The second-order valence-electron chi connectivity index (χ2n) is 4.39. The Kier molecular flexibility index (Phi) is 6.02. The van der Waals surface area contributed by atoms with E-state index in [1.807, 2.05) is 30.3 Å². The number of carbonyl (C=O) groups is 2. The number of hydrogen-bond donors (Lipinski definition) is 2. The number of amides is 1. The van der Waals surface area contributed by atoms with Crippen LogP contribution in [0.1, 0.15) is 24.8 Å². The Morgan fingerprint density at radius 3 is 2.47 bits per heavy atom. The smallest absolute Gasteiger partial charge is 0.307 e. The van der Waals surface area contributed by atoms with E-state index in [2.05, 4.69) is 10.1 Å². The summed E-state index contributed by atoms with van der Waals surface area (Å²) in [6.07, 6.45) is 0.147. The average molecular weight is 264 g/mol. The van der Waals surface area contributed by atoms with E-state index in [1.165, 1.54) is 7.11 Å². The Hall–Kier alpha value is -1.88. The van der Waals surface area contributed by atoms with Crippen molar-refractivity contribution < 1.29 is 14.3 Å². The fourth-order valence-corrected chi connectivity index (χ4v) is 1.81. The lowest BCUT2D eigenvalue weighted by molar-refractivity contribution is -0.141. The Labute approximate surface area is 113 Å². The van der Waals surface area contributed by atoms with Gasteiger partial charge in [-0.15, -0.1) is 0 Å². The topological polar surface area (TPSA) is 81.4 Å². The van der Waals surface area contributed by atoms with Crippen LogP contribution in [-0.4, -0.2) is 31.6 Å². The summed E-state index contributed by atoms with van der Waals surface area (Å²) in [7, 11) is 1.32. The summed E-state index contributed by atoms with van der Waals surface area (Å²) >= 11 is 0. The minimum Gasteiger partial charge on any atom is -0.469 e. The standard InChI is InChI=1S/C14H20N2O3/c1-10(8-13(17)19-2)16-14(18)12(9-15)11-6-4-3-5-7-11/h3-7,10,12H,8-9,15H2,1-2H3,(H,16,18). The van der Waals surface area contributed by atoms with E-state index in [0.717, 1.165) is 5.56 Å². The number of nitrogens with two attached hydrogens (primary N) is 1. The first-order valence-electron chi connectivity index (χ1n) is 6.20. The molecular weight excluding hydrogens is 244 g/mol. The zero-order valence-corrected chi connectivity index (χ0v) is 11.3. The van der Waals surface area contributed by atoms with Gasteiger partial charge in [-0.1, -0.05) is 30.3 Å². The van der Waals surface area contributed by atoms with Crippen molar-refractivity contribution in [3.8, 4) is 0 Å². The molecule has 0 aliphatic carbocycles. The van der Waals surface area contributed by atoms with Crippen LogP contribution >= 0.6 is 0 Å². The van der Waals surface area contributed by atoms with E-state index in [-0.39, 0.29) is 30.9 Å². The molecule has 2 atom stereocenters. The number of nitrogens with one attached hydrogen (secondary N) is 1. The molecule has 0 saturated heterocycles. The molecule has 104 valence electrons. The maximum atomic E-state index is 12.1. The lowest BCUT2D eigenvalue weighted by Gasteiger charge is -2.18. The lowest BCUT2D eigenvalue weighted by atomic mass is 9.98. The predicted molar refractivity (Wildman–Crippen MR) is 72.5 cm³/mol. The van der Waals surface area contributed by atoms with Gasteiger partial charge in [0.1, 0.15) is 0 Å². The van der Waals surface area contributed by atoms with E-state index >= 15 is 0 Å². The van der Waals surface area contributed by atoms with Crippen LogP contribution in [-0.2, 0) is 14.3 Å². The number of benzene rings is 1. The molecule has 0 aromatic heterocycles. The number of carbonyl (C=O) groups excluding carboxylic acids is 2. The van der Waals surface area contributed by atoms with Gasteiger partial charge in [0.2, 0.25) is 5.91 Å². The molecule has 0 spiro atoms. The van der Waals surface area contributed by atoms with Crippen molar-refractivity contribution >= 4 is 11.9 Å². The molecule has 3 N–H and O–H groups in total. The van der Waals surface area contributed by atoms with E-state index in [4.69, 9.17) is 5.73 Å². The Morgan fingerprint density at radius 2 is 1.95 bits per heavy atom. The summed E-state index contributed by atoms with van der Waals surface area (Å²) in [6, 6.07) is 9.06. The van der Waals surface area contributed by atoms with Gasteiger partial charge in [-0.25, -0.2) is 0 Å². The minimum atomic E-state index is -0.402. The quantitative estimate of drug-likeness (QED) is 0.745. The molecule has 19 heavy (non-hydrogen) atoms. The van der Waals surface area contributed by atoms with Crippen LogP contribution in [0.25, 0.3) is 0 Å². The van der Waals surface area contributed by atoms with Crippen molar-refractivity contribution in [3.05, 3.63) is 35.9 Å². The van der Waals surface area contributed by atoms with E-state index in [0.29, 0.717) is 0 Å². The van der Waals surface area contributed by atoms with Gasteiger partial charge in [0.05, 0.1) is 19.4 Å². The van der Waals surface area contributed by atoms with Crippen molar-refractivity contribution in [3.63, 3.8) is 0 Å². The summed E-state index contributed by atoms with van der Waals surface area (Å²) in [4.78, 5) is 23.2. The highest BCUT2D eigenvalue weighted by atomic mass is 16.5. The van der Waals surface area contributed by atoms with E-state index in [1.54, 1.807) is 6.92 Å². The zero-order chi connectivity index (χ0) is 14.3. The predicted octanol–water partition coefficient (Wildman–Crippen LogP) is 0.797. The summed E-state index contributed by atoms with van der Waals surface area (Å²) in [5, 5.41) is 2.77. The second-order valence-corrected chi connectivity index (χ2v) is 4.39. The summed E-state index contributed by atoms with van der Waals surface area (Å²) in [5.41, 5.74) is 6.52. The molecule has 0 aliphatic rings. The maximum Gasteiger partial charge on any atom is 0.307 e. The van der Waals surface area contributed by atoms with Crippen molar-refractivity contribution in [2.75, 3.05) is 13.7 Å². The highest BCUT2D eigenvalue weighted by molar-refractivity contribution is 5.84. The highest BCUT2D eigenvalue weighted by Gasteiger charge is 2.21. The average Bonchev–Trinajstić information content (AvgIpc) is 2.40. The SMILES string of the molecule is COC(=O)CC(C)NC(=O)C(CN)c1ccccc1. The first-order valence-corrected chi connectivity index (χ1v) is 6.20. The van der Waals surface area contributed by atoms with E-state index in [9.17, 15) is 9.59 Å². The number of rotatable bonds is 6. The van der Waals surface area contributed by atoms with Crippen molar-refractivity contribution in [1.82, 2.24) is 5.32 Å². The fourth-order valence-electron chi connectivity index (χ4n) is 1.81. The van der Waals surface area contributed by atoms with E-state index < -0.39 is 5.92 Å². The molecule has 1 aromatic carbocycles. The molecule has 0 saturated carbocycles. The molecular formula is C14H20N2O3. The van der Waals surface area contributed by atoms with Crippen LogP contribution in [0.3, 0.4) is 0 Å². The summed E-state index contributed by atoms with van der Waals surface area (Å²) in [6.45, 7) is 1.98. The molecule has 0 bridgehead atoms. The molecule has 1 rings (SSSR count). The number of esters is 1. The third kappa shape index (κ3) is 4.71. The molecule has 0 aliphatic heterocycles. The fraction of sp³-hybridized carbons (Fsp3) is 0.429. The van der Waals surface area contributed by atoms with Gasteiger partial charge in [-0.3, -0.25) is 9.59 Å². The first kappa shape index (κ1) is 15.2. The normalized spacial score (nSPS) is 13.4. The van der Waals surface area contributed by atoms with Gasteiger partial charge >= 0.3 is 5.97 Å². The lowest BCUT2D eigenvalue weighted by Crippen LogP contribution is -2.39. The van der Waals surface area contributed by atoms with Gasteiger partial charge in [-0.2, -0.15) is 0 Å². The van der Waals surface area contributed by atoms with Crippen LogP contribution in [0, 0.1) is 0 Å². The number of methoxy groups -OCH3 is 1. The van der Waals surface area contributed by atoms with Gasteiger partial charge in [-0.05, 0) is 12.5 Å². The van der Waals surface area contributed by atoms with Crippen LogP contribution in [0.4, 0.5) is 0 Å². The molecule has 0 heterocycles. The Morgan fingerprint density at radius 1 is 1.32 bits per heavy atom. The molecule has 0 fully saturated rings. The zero-order valence-electron chi connectivity index (χ0n) is 11.3. The van der Waals surface area contributed by atoms with Crippen LogP contribution in [0.5, 0.6) is 0 Å².